The topological polar surface area (TPSA) is 123 Å². The summed E-state index contributed by atoms with van der Waals surface area (Å²) in [5.41, 5.74) is 1.67. The number of hydrogen-bond acceptors (Lipinski definition) is 8. The molecule has 0 aromatic carbocycles. The standard InChI is InChI=1S/C17H20N6O3S2/c1-10-15(28-11(2)19-10)16(24)18-6-4-3-5-12-7-23(22-21-12)8-14-20-13(9-27-14)17(25)26/h7,9H,3-6,8H2,1-2H3,(H,18,24)(H,25,26). The number of aromatic nitrogens is 5. The molecule has 0 bridgehead atoms. The molecular formula is C17H20N6O3S2. The number of carboxylic acids is 1. The van der Waals surface area contributed by atoms with E-state index in [1.165, 1.54) is 28.1 Å². The van der Waals surface area contributed by atoms with Crippen LogP contribution < -0.4 is 5.32 Å². The Kier molecular flexibility index (Phi) is 6.47. The van der Waals surface area contributed by atoms with Gasteiger partial charge in [-0.2, -0.15) is 0 Å². The van der Waals surface area contributed by atoms with Gasteiger partial charge in [-0.15, -0.1) is 27.8 Å². The molecule has 3 rings (SSSR count). The van der Waals surface area contributed by atoms with Crippen molar-refractivity contribution in [1.29, 1.82) is 0 Å². The number of thiazole rings is 2. The molecule has 3 aromatic rings. The highest BCUT2D eigenvalue weighted by atomic mass is 32.1. The lowest BCUT2D eigenvalue weighted by molar-refractivity contribution is 0.0690. The fraction of sp³-hybridized carbons (Fsp3) is 0.412. The Labute approximate surface area is 169 Å². The molecule has 28 heavy (non-hydrogen) atoms. The highest BCUT2D eigenvalue weighted by Gasteiger charge is 2.13. The van der Waals surface area contributed by atoms with Crippen molar-refractivity contribution < 1.29 is 14.7 Å². The summed E-state index contributed by atoms with van der Waals surface area (Å²) < 4.78 is 1.65. The van der Waals surface area contributed by atoms with E-state index in [2.05, 4.69) is 25.6 Å². The van der Waals surface area contributed by atoms with Crippen LogP contribution in [0.4, 0.5) is 0 Å². The first-order chi connectivity index (χ1) is 13.4. The minimum Gasteiger partial charge on any atom is -0.476 e. The first-order valence-electron chi connectivity index (χ1n) is 8.71. The summed E-state index contributed by atoms with van der Waals surface area (Å²) in [6, 6.07) is 0. The molecule has 3 aromatic heterocycles. The third kappa shape index (κ3) is 5.20. The lowest BCUT2D eigenvalue weighted by Crippen LogP contribution is -2.24. The number of nitrogens with zero attached hydrogens (tertiary/aromatic N) is 5. The molecule has 0 radical (unpaired) electrons. The quantitative estimate of drug-likeness (QED) is 0.509. The monoisotopic (exact) mass is 420 g/mol. The van der Waals surface area contributed by atoms with E-state index in [9.17, 15) is 9.59 Å². The normalized spacial score (nSPS) is 10.9. The van der Waals surface area contributed by atoms with Gasteiger partial charge in [0.1, 0.15) is 9.88 Å². The molecule has 0 fully saturated rings. The van der Waals surface area contributed by atoms with E-state index in [0.29, 0.717) is 23.0 Å². The smallest absolute Gasteiger partial charge is 0.355 e. The number of amides is 1. The van der Waals surface area contributed by atoms with Crippen molar-refractivity contribution >= 4 is 34.6 Å². The minimum absolute atomic E-state index is 0.0473. The molecule has 0 atom stereocenters. The number of carboxylic acid groups (broad SMARTS) is 1. The van der Waals surface area contributed by atoms with Crippen molar-refractivity contribution in [2.24, 2.45) is 0 Å². The Morgan fingerprint density at radius 3 is 2.75 bits per heavy atom. The van der Waals surface area contributed by atoms with E-state index >= 15 is 0 Å². The van der Waals surface area contributed by atoms with E-state index in [1.807, 2.05) is 20.0 Å². The molecule has 0 aliphatic carbocycles. The molecule has 9 nitrogen and oxygen atoms in total. The van der Waals surface area contributed by atoms with Crippen molar-refractivity contribution in [3.63, 3.8) is 0 Å². The van der Waals surface area contributed by atoms with Gasteiger partial charge >= 0.3 is 5.97 Å². The van der Waals surface area contributed by atoms with E-state index in [4.69, 9.17) is 5.11 Å². The Balaban J connectivity index is 1.39. The van der Waals surface area contributed by atoms with Crippen LogP contribution in [0.3, 0.4) is 0 Å². The average Bonchev–Trinajstić information content (AvgIpc) is 3.35. The maximum Gasteiger partial charge on any atom is 0.355 e. The summed E-state index contributed by atoms with van der Waals surface area (Å²) in [6.07, 6.45) is 4.31. The van der Waals surface area contributed by atoms with E-state index in [0.717, 1.165) is 35.7 Å². The van der Waals surface area contributed by atoms with Crippen molar-refractivity contribution in [2.75, 3.05) is 6.54 Å². The van der Waals surface area contributed by atoms with Crippen LogP contribution in [0.15, 0.2) is 11.6 Å². The molecule has 0 saturated heterocycles. The van der Waals surface area contributed by atoms with Gasteiger partial charge in [-0.05, 0) is 33.1 Å². The number of unbranched alkanes of at least 4 members (excludes halogenated alkanes) is 1. The number of carbonyl (C=O) groups is 2. The molecule has 11 heteroatoms. The molecule has 2 N–H and O–H groups in total. The van der Waals surface area contributed by atoms with E-state index < -0.39 is 5.97 Å². The van der Waals surface area contributed by atoms with Crippen molar-refractivity contribution in [3.8, 4) is 0 Å². The number of nitrogens with one attached hydrogen (secondary N) is 1. The third-order valence-corrected chi connectivity index (χ3v) is 5.81. The van der Waals surface area contributed by atoms with Gasteiger partial charge in [0.25, 0.3) is 5.91 Å². The molecule has 3 heterocycles. The second-order valence-electron chi connectivity index (χ2n) is 6.20. The minimum atomic E-state index is -1.03. The summed E-state index contributed by atoms with van der Waals surface area (Å²) >= 11 is 2.69. The van der Waals surface area contributed by atoms with Gasteiger partial charge in [0.2, 0.25) is 0 Å². The molecule has 1 amide bonds. The largest absolute Gasteiger partial charge is 0.476 e. The molecule has 0 saturated carbocycles. The number of aromatic carboxylic acids is 1. The van der Waals surface area contributed by atoms with Crippen LogP contribution in [0.2, 0.25) is 0 Å². The Bertz CT molecular complexity index is 977. The fourth-order valence-electron chi connectivity index (χ4n) is 2.61. The number of aryl methyl sites for hydroxylation is 3. The summed E-state index contributed by atoms with van der Waals surface area (Å²) in [4.78, 5) is 32.0. The van der Waals surface area contributed by atoms with Crippen LogP contribution in [0, 0.1) is 13.8 Å². The van der Waals surface area contributed by atoms with E-state index in [-0.39, 0.29) is 11.6 Å². The second kappa shape index (κ2) is 9.02. The molecule has 0 aliphatic rings. The summed E-state index contributed by atoms with van der Waals surface area (Å²) in [7, 11) is 0. The van der Waals surface area contributed by atoms with Gasteiger partial charge in [-0.3, -0.25) is 4.79 Å². The zero-order valence-corrected chi connectivity index (χ0v) is 17.1. The maximum absolute atomic E-state index is 12.1. The van der Waals surface area contributed by atoms with Crippen LogP contribution in [-0.4, -0.2) is 48.5 Å². The Morgan fingerprint density at radius 1 is 1.25 bits per heavy atom. The first kappa shape index (κ1) is 20.1. The second-order valence-corrected chi connectivity index (χ2v) is 8.35. The summed E-state index contributed by atoms with van der Waals surface area (Å²) in [5, 5.41) is 23.1. The molecule has 0 unspecified atom stereocenters. The summed E-state index contributed by atoms with van der Waals surface area (Å²) in [6.45, 7) is 4.73. The van der Waals surface area contributed by atoms with Crippen LogP contribution >= 0.6 is 22.7 Å². The van der Waals surface area contributed by atoms with E-state index in [1.54, 1.807) is 4.68 Å². The fourth-order valence-corrected chi connectivity index (χ4v) is 4.20. The van der Waals surface area contributed by atoms with Gasteiger partial charge in [0, 0.05) is 18.1 Å². The van der Waals surface area contributed by atoms with Crippen molar-refractivity contribution in [1.82, 2.24) is 30.3 Å². The van der Waals surface area contributed by atoms with Gasteiger partial charge in [-0.1, -0.05) is 5.21 Å². The SMILES string of the molecule is Cc1nc(C)c(C(=O)NCCCCc2cn(Cc3nc(C(=O)O)cs3)nn2)s1. The van der Waals surface area contributed by atoms with Crippen molar-refractivity contribution in [3.05, 3.63) is 43.6 Å². The molecule has 0 spiro atoms. The van der Waals surface area contributed by atoms with Gasteiger partial charge in [-0.25, -0.2) is 19.4 Å². The predicted octanol–water partition coefficient (Wildman–Crippen LogP) is 2.31. The Morgan fingerprint density at radius 2 is 2.07 bits per heavy atom. The van der Waals surface area contributed by atoms with Crippen molar-refractivity contribution in [2.45, 2.75) is 39.7 Å². The molecule has 0 aliphatic heterocycles. The highest BCUT2D eigenvalue weighted by molar-refractivity contribution is 7.13. The van der Waals surface area contributed by atoms with Crippen LogP contribution in [0.5, 0.6) is 0 Å². The van der Waals surface area contributed by atoms with Crippen LogP contribution in [0.1, 0.15) is 54.4 Å². The molecule has 148 valence electrons. The zero-order chi connectivity index (χ0) is 20.1. The first-order valence-corrected chi connectivity index (χ1v) is 10.4. The van der Waals surface area contributed by atoms with Gasteiger partial charge in [0.15, 0.2) is 5.69 Å². The Hall–Kier alpha value is -2.66. The van der Waals surface area contributed by atoms with Crippen LogP contribution in [-0.2, 0) is 13.0 Å². The molecular weight excluding hydrogens is 400 g/mol. The number of carbonyl (C=O) groups excluding carboxylic acids is 1. The average molecular weight is 421 g/mol. The maximum atomic E-state index is 12.1. The lowest BCUT2D eigenvalue weighted by atomic mass is 10.2. The number of hydrogen-bond donors (Lipinski definition) is 2. The third-order valence-electron chi connectivity index (χ3n) is 3.91. The predicted molar refractivity (Wildman–Crippen MR) is 105 cm³/mol. The zero-order valence-electron chi connectivity index (χ0n) is 15.5. The number of rotatable bonds is 9. The van der Waals surface area contributed by atoms with Gasteiger partial charge < -0.3 is 10.4 Å². The lowest BCUT2D eigenvalue weighted by Gasteiger charge is -2.03. The van der Waals surface area contributed by atoms with Gasteiger partial charge in [0.05, 0.1) is 22.9 Å². The van der Waals surface area contributed by atoms with Crippen LogP contribution in [0.25, 0.3) is 0 Å². The summed E-state index contributed by atoms with van der Waals surface area (Å²) in [5.74, 6) is -1.10. The highest BCUT2D eigenvalue weighted by Crippen LogP contribution is 2.16.